The number of hydrogen-bond donors (Lipinski definition) is 1. The Balaban J connectivity index is 2.07. The van der Waals surface area contributed by atoms with Gasteiger partial charge in [-0.15, -0.1) is 0 Å². The molecule has 0 saturated heterocycles. The van der Waals surface area contributed by atoms with Crippen LogP contribution in [0.2, 0.25) is 0 Å². The fraction of sp³-hybridized carbons (Fsp3) is 0.421. The molecule has 2 bridgehead atoms. The van der Waals surface area contributed by atoms with Gasteiger partial charge >= 0.3 is 0 Å². The molecule has 2 atom stereocenters. The van der Waals surface area contributed by atoms with E-state index in [2.05, 4.69) is 55.0 Å². The van der Waals surface area contributed by atoms with Crippen LogP contribution in [-0.4, -0.2) is 15.0 Å². The van der Waals surface area contributed by atoms with Crippen molar-refractivity contribution in [2.24, 2.45) is 5.41 Å². The van der Waals surface area contributed by atoms with Crippen LogP contribution < -0.4 is 0 Å². The third-order valence-corrected chi connectivity index (χ3v) is 6.91. The summed E-state index contributed by atoms with van der Waals surface area (Å²) in [4.78, 5) is 12.9. The maximum Gasteiger partial charge on any atom is 0.221 e. The largest absolute Gasteiger partial charge is 0.339 e. The third kappa shape index (κ3) is 1.44. The highest BCUT2D eigenvalue weighted by Crippen LogP contribution is 2.68. The Morgan fingerprint density at radius 1 is 1.17 bits per heavy atom. The van der Waals surface area contributed by atoms with E-state index in [0.717, 1.165) is 11.2 Å². The minimum Gasteiger partial charge on any atom is -0.339 e. The lowest BCUT2D eigenvalue weighted by molar-refractivity contribution is 0.227. The predicted molar refractivity (Wildman–Crippen MR) is 95.3 cm³/mol. The van der Waals surface area contributed by atoms with Crippen LogP contribution in [0.4, 0.5) is 0 Å². The zero-order valence-electron chi connectivity index (χ0n) is 13.6. The van der Waals surface area contributed by atoms with Gasteiger partial charge in [0.15, 0.2) is 0 Å². The van der Waals surface area contributed by atoms with Gasteiger partial charge < -0.3 is 4.98 Å². The van der Waals surface area contributed by atoms with E-state index in [0.29, 0.717) is 10.7 Å². The molecular formula is C19H19N3S. The molecule has 5 rings (SSSR count). The van der Waals surface area contributed by atoms with Gasteiger partial charge in [-0.2, -0.15) is 0 Å². The smallest absolute Gasteiger partial charge is 0.221 e. The molecule has 0 spiro atoms. The van der Waals surface area contributed by atoms with Crippen molar-refractivity contribution in [2.45, 2.75) is 44.9 Å². The first kappa shape index (κ1) is 13.6. The Kier molecular flexibility index (Phi) is 2.36. The van der Waals surface area contributed by atoms with E-state index in [1.54, 1.807) is 0 Å². The summed E-state index contributed by atoms with van der Waals surface area (Å²) in [6, 6.07) is 8.44. The quantitative estimate of drug-likeness (QED) is 0.591. The predicted octanol–water partition coefficient (Wildman–Crippen LogP) is 5.02. The number of H-pyrrole nitrogens is 1. The van der Waals surface area contributed by atoms with E-state index in [1.807, 2.05) is 0 Å². The number of hydrogen-bond acceptors (Lipinski definition) is 3. The fourth-order valence-electron chi connectivity index (χ4n) is 5.07. The molecule has 4 heteroatoms. The van der Waals surface area contributed by atoms with Crippen molar-refractivity contribution < 1.29 is 0 Å². The van der Waals surface area contributed by atoms with Gasteiger partial charge in [-0.25, -0.2) is 9.97 Å². The maximum absolute atomic E-state index is 5.45. The van der Waals surface area contributed by atoms with Gasteiger partial charge in [-0.3, -0.25) is 0 Å². The minimum atomic E-state index is 0.0898. The molecule has 0 aliphatic heterocycles. The lowest BCUT2D eigenvalue weighted by atomic mass is 9.70. The van der Waals surface area contributed by atoms with Crippen LogP contribution >= 0.6 is 12.2 Å². The molecule has 0 amide bonds. The van der Waals surface area contributed by atoms with E-state index in [-0.39, 0.29) is 10.8 Å². The van der Waals surface area contributed by atoms with Crippen LogP contribution in [-0.2, 0) is 5.41 Å². The summed E-state index contributed by atoms with van der Waals surface area (Å²) in [7, 11) is 0. The van der Waals surface area contributed by atoms with E-state index in [4.69, 9.17) is 17.2 Å². The van der Waals surface area contributed by atoms with Gasteiger partial charge in [0.2, 0.25) is 4.77 Å². The second kappa shape index (κ2) is 3.99. The Labute approximate surface area is 140 Å². The molecule has 116 valence electrons. The van der Waals surface area contributed by atoms with E-state index in [1.165, 1.54) is 34.9 Å². The average molecular weight is 321 g/mol. The number of rotatable bonds is 0. The van der Waals surface area contributed by atoms with Crippen LogP contribution in [0.3, 0.4) is 0 Å². The van der Waals surface area contributed by atoms with E-state index in [9.17, 15) is 0 Å². The molecule has 1 N–H and O–H groups in total. The second-order valence-electron chi connectivity index (χ2n) is 7.81. The summed E-state index contributed by atoms with van der Waals surface area (Å²) >= 11 is 5.45. The highest BCUT2D eigenvalue weighted by atomic mass is 32.1. The number of benzene rings is 1. The number of nitrogens with zero attached hydrogens (tertiary/aromatic N) is 2. The summed E-state index contributed by atoms with van der Waals surface area (Å²) < 4.78 is 0.451. The fourth-order valence-corrected chi connectivity index (χ4v) is 5.25. The van der Waals surface area contributed by atoms with Crippen LogP contribution in [0, 0.1) is 10.2 Å². The number of fused-ring (bicyclic) bond motifs is 9. The van der Waals surface area contributed by atoms with Gasteiger partial charge in [-0.05, 0) is 48.0 Å². The van der Waals surface area contributed by atoms with Gasteiger partial charge in [0.1, 0.15) is 5.65 Å². The van der Waals surface area contributed by atoms with Gasteiger partial charge in [0.25, 0.3) is 0 Å². The van der Waals surface area contributed by atoms with Crippen molar-refractivity contribution in [2.75, 3.05) is 0 Å². The van der Waals surface area contributed by atoms with Crippen molar-refractivity contribution in [1.29, 1.82) is 0 Å². The first-order valence-electron chi connectivity index (χ1n) is 8.27. The molecule has 1 aromatic carbocycles. The van der Waals surface area contributed by atoms with Crippen LogP contribution in [0.5, 0.6) is 0 Å². The van der Waals surface area contributed by atoms with Crippen LogP contribution in [0.1, 0.15) is 50.8 Å². The molecule has 0 unspecified atom stereocenters. The normalized spacial score (nSPS) is 27.7. The van der Waals surface area contributed by atoms with Crippen LogP contribution in [0.25, 0.3) is 21.9 Å². The molecule has 3 nitrogen and oxygen atoms in total. The first-order valence-corrected chi connectivity index (χ1v) is 8.67. The summed E-state index contributed by atoms with van der Waals surface area (Å²) in [5.41, 5.74) is 4.90. The molecular weight excluding hydrogens is 302 g/mol. The Morgan fingerprint density at radius 3 is 2.78 bits per heavy atom. The monoisotopic (exact) mass is 321 g/mol. The molecule has 2 heterocycles. The summed E-state index contributed by atoms with van der Waals surface area (Å²) in [6.45, 7) is 7.15. The van der Waals surface area contributed by atoms with Gasteiger partial charge in [-0.1, -0.05) is 39.0 Å². The zero-order valence-corrected chi connectivity index (χ0v) is 14.4. The summed E-state index contributed by atoms with van der Waals surface area (Å²) in [6.07, 6.45) is 2.41. The highest BCUT2D eigenvalue weighted by molar-refractivity contribution is 7.71. The second-order valence-corrected chi connectivity index (χ2v) is 8.17. The maximum atomic E-state index is 5.45. The third-order valence-electron chi connectivity index (χ3n) is 6.72. The van der Waals surface area contributed by atoms with Crippen molar-refractivity contribution in [1.82, 2.24) is 15.0 Å². The molecule has 23 heavy (non-hydrogen) atoms. The van der Waals surface area contributed by atoms with Crippen molar-refractivity contribution in [3.63, 3.8) is 0 Å². The van der Waals surface area contributed by atoms with Crippen molar-refractivity contribution >= 4 is 34.2 Å². The molecule has 1 saturated carbocycles. The topological polar surface area (TPSA) is 41.6 Å². The molecule has 0 radical (unpaired) electrons. The van der Waals surface area contributed by atoms with Crippen molar-refractivity contribution in [3.05, 3.63) is 40.3 Å². The number of aromatic amines is 1. The standard InChI is InChI=1S/C19H19N3S/c1-18(2)11-8-9-19(18,3)15-14(11)13-10-6-4-5-7-12(10)20-16(13)22-17(23)21-15/h4-7,11H,8-9H2,1-3H3,(H,20,21,22,23)/t11-,19+/m0/s1. The number of nitrogens with one attached hydrogen (secondary N) is 1. The Bertz CT molecular complexity index is 1050. The van der Waals surface area contributed by atoms with Gasteiger partial charge in [0, 0.05) is 21.7 Å². The molecule has 2 aliphatic carbocycles. The molecule has 1 fully saturated rings. The van der Waals surface area contributed by atoms with Crippen molar-refractivity contribution in [3.8, 4) is 0 Å². The average Bonchev–Trinajstić information content (AvgIpc) is 2.96. The minimum absolute atomic E-state index is 0.0898. The van der Waals surface area contributed by atoms with Gasteiger partial charge in [0.05, 0.1) is 5.69 Å². The van der Waals surface area contributed by atoms with E-state index >= 15 is 0 Å². The first-order chi connectivity index (χ1) is 10.9. The Hall–Kier alpha value is -1.81. The number of para-hydroxylation sites is 1. The lowest BCUT2D eigenvalue weighted by Crippen LogP contribution is -2.31. The Morgan fingerprint density at radius 2 is 1.96 bits per heavy atom. The van der Waals surface area contributed by atoms with E-state index < -0.39 is 0 Å². The zero-order chi connectivity index (χ0) is 16.0. The molecule has 3 aromatic rings. The molecule has 2 aliphatic rings. The van der Waals surface area contributed by atoms with Crippen LogP contribution in [0.15, 0.2) is 24.3 Å². The number of aromatic nitrogens is 3. The SMILES string of the molecule is CC1(C)[C@H]2CC[C@]1(C)c1nc(=S)nc3[nH]c4ccccc4c3c12. The highest BCUT2D eigenvalue weighted by Gasteiger charge is 2.60. The molecule has 2 aromatic heterocycles. The lowest BCUT2D eigenvalue weighted by Gasteiger charge is -2.34. The summed E-state index contributed by atoms with van der Waals surface area (Å²) in [5, 5.41) is 2.48. The summed E-state index contributed by atoms with van der Waals surface area (Å²) in [5.74, 6) is 0.528.